The fourth-order valence-corrected chi connectivity index (χ4v) is 3.02. The molecule has 0 aliphatic heterocycles. The van der Waals surface area contributed by atoms with E-state index in [0.717, 1.165) is 5.39 Å². The van der Waals surface area contributed by atoms with Crippen LogP contribution in [-0.4, -0.2) is 40.4 Å². The molecule has 0 saturated heterocycles. The Kier molecular flexibility index (Phi) is 6.75. The molecule has 148 valence electrons. The monoisotopic (exact) mass is 459 g/mol. The second-order valence-electron chi connectivity index (χ2n) is 7.03. The van der Waals surface area contributed by atoms with Gasteiger partial charge in [-0.25, -0.2) is 14.6 Å². The Morgan fingerprint density at radius 2 is 2.04 bits per heavy atom. The number of hydrogen-bond donors (Lipinski definition) is 1. The van der Waals surface area contributed by atoms with Crippen LogP contribution < -0.4 is 5.32 Å². The number of esters is 1. The molecule has 27 heavy (non-hydrogen) atoms. The maximum Gasteiger partial charge on any atom is 0.407 e. The lowest BCUT2D eigenvalue weighted by Crippen LogP contribution is -2.35. The summed E-state index contributed by atoms with van der Waals surface area (Å²) >= 11 is 9.48. The van der Waals surface area contributed by atoms with Crippen LogP contribution in [0.1, 0.15) is 51.1 Å². The van der Waals surface area contributed by atoms with Gasteiger partial charge in [-0.15, -0.1) is 0 Å². The summed E-state index contributed by atoms with van der Waals surface area (Å²) in [5, 5.41) is 3.73. The van der Waals surface area contributed by atoms with E-state index in [1.54, 1.807) is 44.4 Å². The van der Waals surface area contributed by atoms with E-state index >= 15 is 0 Å². The average Bonchev–Trinajstić information content (AvgIpc) is 2.90. The summed E-state index contributed by atoms with van der Waals surface area (Å²) in [5.41, 5.74) is 0.280. The van der Waals surface area contributed by atoms with Crippen molar-refractivity contribution in [3.63, 3.8) is 0 Å². The van der Waals surface area contributed by atoms with Crippen molar-refractivity contribution < 1.29 is 19.1 Å². The minimum absolute atomic E-state index is 0.237. The van der Waals surface area contributed by atoms with E-state index in [0.29, 0.717) is 15.8 Å². The third-order valence-electron chi connectivity index (χ3n) is 3.59. The van der Waals surface area contributed by atoms with E-state index in [1.807, 2.05) is 6.92 Å². The van der Waals surface area contributed by atoms with Crippen LogP contribution in [0.15, 0.2) is 16.6 Å². The molecule has 0 aromatic carbocycles. The fraction of sp³-hybridized carbons (Fsp3) is 0.500. The smallest absolute Gasteiger partial charge is 0.407 e. The minimum atomic E-state index is -0.592. The molecule has 0 aliphatic carbocycles. The highest BCUT2D eigenvalue weighted by Gasteiger charge is 2.23. The highest BCUT2D eigenvalue weighted by molar-refractivity contribution is 9.10. The van der Waals surface area contributed by atoms with Gasteiger partial charge in [-0.1, -0.05) is 11.6 Å². The first-order valence-corrected chi connectivity index (χ1v) is 9.71. The van der Waals surface area contributed by atoms with Crippen LogP contribution in [0.25, 0.3) is 11.0 Å². The van der Waals surface area contributed by atoms with Crippen molar-refractivity contribution in [2.24, 2.45) is 0 Å². The molecule has 0 fully saturated rings. The third kappa shape index (κ3) is 5.35. The quantitative estimate of drug-likeness (QED) is 0.516. The van der Waals surface area contributed by atoms with Gasteiger partial charge in [0.05, 0.1) is 17.1 Å². The number of hydrogen-bond acceptors (Lipinski definition) is 5. The number of pyridine rings is 1. The fourth-order valence-electron chi connectivity index (χ4n) is 2.55. The molecule has 0 unspecified atom stereocenters. The molecule has 1 atom stereocenters. The number of aromatic nitrogens is 2. The van der Waals surface area contributed by atoms with Crippen molar-refractivity contribution >= 4 is 50.6 Å². The molecule has 7 nitrogen and oxygen atoms in total. The molecule has 9 heteroatoms. The van der Waals surface area contributed by atoms with Crippen molar-refractivity contribution in [2.45, 2.75) is 46.3 Å². The molecule has 0 radical (unpaired) electrons. The molecule has 1 N–H and O–H groups in total. The SMILES string of the molecule is CCOC(=O)c1cc2cc(Br)c(Cl)nc2n1[C@H](C)CNC(=O)OC(C)(C)C. The molecular weight excluding hydrogens is 438 g/mol. The molecule has 0 bridgehead atoms. The zero-order valence-corrected chi connectivity index (χ0v) is 18.3. The first-order chi connectivity index (χ1) is 12.5. The summed E-state index contributed by atoms with van der Waals surface area (Å²) in [6, 6.07) is 3.20. The number of halogens is 2. The molecule has 1 amide bonds. The van der Waals surface area contributed by atoms with Gasteiger partial charge in [-0.2, -0.15) is 0 Å². The van der Waals surface area contributed by atoms with E-state index in [1.165, 1.54) is 0 Å². The molecule has 2 heterocycles. The normalized spacial score (nSPS) is 12.7. The Labute approximate surface area is 171 Å². The number of alkyl carbamates (subject to hydrolysis) is 1. The van der Waals surface area contributed by atoms with Crippen molar-refractivity contribution in [3.05, 3.63) is 27.5 Å². The number of nitrogens with one attached hydrogen (secondary N) is 1. The van der Waals surface area contributed by atoms with Gasteiger partial charge in [0.1, 0.15) is 22.1 Å². The van der Waals surface area contributed by atoms with E-state index in [4.69, 9.17) is 21.1 Å². The molecule has 0 saturated carbocycles. The number of rotatable bonds is 5. The topological polar surface area (TPSA) is 82.5 Å². The minimum Gasteiger partial charge on any atom is -0.461 e. The van der Waals surface area contributed by atoms with Crippen LogP contribution in [0.5, 0.6) is 0 Å². The molecule has 2 rings (SSSR count). The average molecular weight is 461 g/mol. The van der Waals surface area contributed by atoms with E-state index < -0.39 is 17.7 Å². The Morgan fingerprint density at radius 3 is 2.63 bits per heavy atom. The van der Waals surface area contributed by atoms with Crippen LogP contribution >= 0.6 is 27.5 Å². The Balaban J connectivity index is 2.36. The summed E-state index contributed by atoms with van der Waals surface area (Å²) < 4.78 is 12.7. The number of carbonyl (C=O) groups is 2. The lowest BCUT2D eigenvalue weighted by Gasteiger charge is -2.22. The van der Waals surface area contributed by atoms with Gasteiger partial charge in [0, 0.05) is 11.9 Å². The zero-order valence-electron chi connectivity index (χ0n) is 15.9. The van der Waals surface area contributed by atoms with Crippen LogP contribution in [0, 0.1) is 0 Å². The Hall–Kier alpha value is -1.80. The van der Waals surface area contributed by atoms with E-state index in [9.17, 15) is 9.59 Å². The Morgan fingerprint density at radius 1 is 1.37 bits per heavy atom. The van der Waals surface area contributed by atoms with Gasteiger partial charge in [0.2, 0.25) is 0 Å². The van der Waals surface area contributed by atoms with Crippen molar-refractivity contribution in [2.75, 3.05) is 13.2 Å². The summed E-state index contributed by atoms with van der Waals surface area (Å²) in [5.74, 6) is -0.466. The molecule has 0 spiro atoms. The predicted molar refractivity (Wildman–Crippen MR) is 107 cm³/mol. The summed E-state index contributed by atoms with van der Waals surface area (Å²) in [6.07, 6.45) is -0.530. The molecule has 2 aromatic rings. The largest absolute Gasteiger partial charge is 0.461 e. The summed E-state index contributed by atoms with van der Waals surface area (Å²) in [6.45, 7) is 9.46. The van der Waals surface area contributed by atoms with Crippen LogP contribution in [0.2, 0.25) is 5.15 Å². The van der Waals surface area contributed by atoms with Crippen LogP contribution in [0.4, 0.5) is 4.79 Å². The molecule has 0 aliphatic rings. The summed E-state index contributed by atoms with van der Waals surface area (Å²) in [7, 11) is 0. The summed E-state index contributed by atoms with van der Waals surface area (Å²) in [4.78, 5) is 28.7. The lowest BCUT2D eigenvalue weighted by atomic mass is 10.2. The van der Waals surface area contributed by atoms with E-state index in [2.05, 4.69) is 26.2 Å². The van der Waals surface area contributed by atoms with Gasteiger partial charge in [0.15, 0.2) is 0 Å². The number of carbonyl (C=O) groups excluding carboxylic acids is 2. The maximum atomic E-state index is 12.4. The highest BCUT2D eigenvalue weighted by Crippen LogP contribution is 2.29. The number of amides is 1. The lowest BCUT2D eigenvalue weighted by molar-refractivity contribution is 0.0511. The Bertz CT molecular complexity index is 860. The zero-order chi connectivity index (χ0) is 20.4. The molecule has 2 aromatic heterocycles. The number of ether oxygens (including phenoxy) is 2. The first kappa shape index (κ1) is 21.5. The van der Waals surface area contributed by atoms with Crippen LogP contribution in [0.3, 0.4) is 0 Å². The highest BCUT2D eigenvalue weighted by atomic mass is 79.9. The third-order valence-corrected chi connectivity index (χ3v) is 4.71. The first-order valence-electron chi connectivity index (χ1n) is 8.54. The second-order valence-corrected chi connectivity index (χ2v) is 8.24. The van der Waals surface area contributed by atoms with Gasteiger partial charge >= 0.3 is 12.1 Å². The molecular formula is C18H23BrClN3O4. The second kappa shape index (κ2) is 8.48. The van der Waals surface area contributed by atoms with Crippen LogP contribution in [-0.2, 0) is 9.47 Å². The number of fused-ring (bicyclic) bond motifs is 1. The van der Waals surface area contributed by atoms with Crippen molar-refractivity contribution in [1.82, 2.24) is 14.9 Å². The predicted octanol–water partition coefficient (Wildman–Crippen LogP) is 4.71. The number of nitrogens with zero attached hydrogens (tertiary/aromatic N) is 2. The standard InChI is InChI=1S/C18H23BrClN3O4/c1-6-26-16(24)13-8-11-7-12(19)14(20)22-15(11)23(13)10(2)9-21-17(25)27-18(3,4)5/h7-8,10H,6,9H2,1-5H3,(H,21,25)/t10-/m1/s1. The van der Waals surface area contributed by atoms with Gasteiger partial charge in [0.25, 0.3) is 0 Å². The maximum absolute atomic E-state index is 12.4. The van der Waals surface area contributed by atoms with Gasteiger partial charge in [-0.3, -0.25) is 0 Å². The van der Waals surface area contributed by atoms with Crippen molar-refractivity contribution in [3.8, 4) is 0 Å². The van der Waals surface area contributed by atoms with Gasteiger partial charge in [-0.05, 0) is 62.7 Å². The van der Waals surface area contributed by atoms with E-state index in [-0.39, 0.29) is 24.3 Å². The van der Waals surface area contributed by atoms with Crippen molar-refractivity contribution in [1.29, 1.82) is 0 Å². The van der Waals surface area contributed by atoms with Gasteiger partial charge < -0.3 is 19.4 Å².